The van der Waals surface area contributed by atoms with Crippen LogP contribution in [0.3, 0.4) is 0 Å². The van der Waals surface area contributed by atoms with E-state index < -0.39 is 9.84 Å². The number of hydrogen-bond donors (Lipinski definition) is 0. The van der Waals surface area contributed by atoms with E-state index in [1.807, 2.05) is 0 Å². The van der Waals surface area contributed by atoms with Gasteiger partial charge < -0.3 is 9.47 Å². The molecule has 0 radical (unpaired) electrons. The molecule has 0 saturated heterocycles. The van der Waals surface area contributed by atoms with Crippen molar-refractivity contribution in [3.63, 3.8) is 0 Å². The first-order valence-electron chi connectivity index (χ1n) is 5.40. The topological polar surface area (TPSA) is 69.7 Å². The predicted molar refractivity (Wildman–Crippen MR) is 68.2 cm³/mol. The minimum atomic E-state index is -2.96. The number of aldehydes is 1. The van der Waals surface area contributed by atoms with Gasteiger partial charge in [-0.25, -0.2) is 8.42 Å². The van der Waals surface area contributed by atoms with E-state index in [0.717, 1.165) is 6.29 Å². The number of benzene rings is 1. The van der Waals surface area contributed by atoms with E-state index >= 15 is 0 Å². The van der Waals surface area contributed by atoms with Gasteiger partial charge >= 0.3 is 0 Å². The van der Waals surface area contributed by atoms with Crippen LogP contribution in [0.2, 0.25) is 0 Å². The van der Waals surface area contributed by atoms with Crippen molar-refractivity contribution in [1.29, 1.82) is 0 Å². The van der Waals surface area contributed by atoms with Crippen molar-refractivity contribution in [3.8, 4) is 11.5 Å². The lowest BCUT2D eigenvalue weighted by atomic mass is 10.2. The summed E-state index contributed by atoms with van der Waals surface area (Å²) in [7, 11) is -1.48. The van der Waals surface area contributed by atoms with Crippen molar-refractivity contribution in [3.05, 3.63) is 23.8 Å². The van der Waals surface area contributed by atoms with Gasteiger partial charge in [0.15, 0.2) is 11.5 Å². The molecule has 0 aliphatic rings. The van der Waals surface area contributed by atoms with Crippen molar-refractivity contribution < 1.29 is 22.7 Å². The maximum absolute atomic E-state index is 10.9. The van der Waals surface area contributed by atoms with E-state index in [9.17, 15) is 13.2 Å². The summed E-state index contributed by atoms with van der Waals surface area (Å²) in [5, 5.41) is 0. The van der Waals surface area contributed by atoms with Gasteiger partial charge in [0.25, 0.3) is 0 Å². The number of carbonyl (C=O) groups excluding carboxylic acids is 1. The Labute approximate surface area is 107 Å². The van der Waals surface area contributed by atoms with Crippen LogP contribution in [0.4, 0.5) is 0 Å². The molecule has 0 atom stereocenters. The van der Waals surface area contributed by atoms with Crippen LogP contribution >= 0.6 is 0 Å². The van der Waals surface area contributed by atoms with Gasteiger partial charge in [-0.1, -0.05) is 0 Å². The third-order valence-electron chi connectivity index (χ3n) is 2.24. The summed E-state index contributed by atoms with van der Waals surface area (Å²) in [6.07, 6.45) is 2.32. The summed E-state index contributed by atoms with van der Waals surface area (Å²) in [4.78, 5) is 10.6. The number of hydrogen-bond acceptors (Lipinski definition) is 5. The van der Waals surface area contributed by atoms with Gasteiger partial charge in [0, 0.05) is 11.8 Å². The molecule has 18 heavy (non-hydrogen) atoms. The lowest BCUT2D eigenvalue weighted by molar-refractivity contribution is 0.112. The molecule has 0 unspecified atom stereocenters. The van der Waals surface area contributed by atoms with E-state index in [0.29, 0.717) is 23.5 Å². The normalized spacial score (nSPS) is 11.0. The molecule has 0 aliphatic heterocycles. The van der Waals surface area contributed by atoms with Crippen LogP contribution in [-0.4, -0.2) is 40.4 Å². The van der Waals surface area contributed by atoms with Gasteiger partial charge in [-0.3, -0.25) is 4.79 Å². The first-order chi connectivity index (χ1) is 8.46. The number of rotatable bonds is 7. The fourth-order valence-corrected chi connectivity index (χ4v) is 2.02. The Hall–Kier alpha value is -1.56. The van der Waals surface area contributed by atoms with Gasteiger partial charge in [-0.2, -0.15) is 0 Å². The highest BCUT2D eigenvalue weighted by Crippen LogP contribution is 2.27. The van der Waals surface area contributed by atoms with Crippen LogP contribution in [0.1, 0.15) is 16.8 Å². The van der Waals surface area contributed by atoms with Crippen molar-refractivity contribution in [2.75, 3.05) is 25.7 Å². The Morgan fingerprint density at radius 1 is 1.28 bits per heavy atom. The molecular formula is C12H16O5S. The predicted octanol–water partition coefficient (Wildman–Crippen LogP) is 1.32. The molecule has 100 valence electrons. The molecule has 1 aromatic rings. The van der Waals surface area contributed by atoms with E-state index in [1.54, 1.807) is 18.2 Å². The molecule has 0 spiro atoms. The van der Waals surface area contributed by atoms with Crippen molar-refractivity contribution in [2.45, 2.75) is 6.42 Å². The van der Waals surface area contributed by atoms with E-state index in [2.05, 4.69) is 0 Å². The van der Waals surface area contributed by atoms with Gasteiger partial charge in [0.1, 0.15) is 16.1 Å². The van der Waals surface area contributed by atoms with E-state index in [-0.39, 0.29) is 12.4 Å². The molecule has 1 rings (SSSR count). The summed E-state index contributed by atoms with van der Waals surface area (Å²) in [6, 6.07) is 4.81. The van der Waals surface area contributed by atoms with Crippen LogP contribution in [0.25, 0.3) is 0 Å². The van der Waals surface area contributed by atoms with Crippen molar-refractivity contribution >= 4 is 16.1 Å². The van der Waals surface area contributed by atoms with Gasteiger partial charge in [0.05, 0.1) is 19.5 Å². The monoisotopic (exact) mass is 272 g/mol. The molecule has 0 amide bonds. The molecule has 0 heterocycles. The average Bonchev–Trinajstić information content (AvgIpc) is 2.33. The largest absolute Gasteiger partial charge is 0.493 e. The Bertz CT molecular complexity index is 507. The minimum Gasteiger partial charge on any atom is -0.493 e. The van der Waals surface area contributed by atoms with Crippen molar-refractivity contribution in [1.82, 2.24) is 0 Å². The van der Waals surface area contributed by atoms with Gasteiger partial charge in [0.2, 0.25) is 0 Å². The lowest BCUT2D eigenvalue weighted by Gasteiger charge is -2.10. The van der Waals surface area contributed by atoms with Crippen LogP contribution in [0.5, 0.6) is 11.5 Å². The molecule has 0 aromatic heterocycles. The Morgan fingerprint density at radius 2 is 2.00 bits per heavy atom. The summed E-state index contributed by atoms with van der Waals surface area (Å²) < 4.78 is 32.4. The first-order valence-corrected chi connectivity index (χ1v) is 7.46. The molecule has 5 nitrogen and oxygen atoms in total. The smallest absolute Gasteiger partial charge is 0.161 e. The third-order valence-corrected chi connectivity index (χ3v) is 3.27. The van der Waals surface area contributed by atoms with Gasteiger partial charge in [-0.05, 0) is 24.6 Å². The SMILES string of the molecule is COc1cc(C=O)ccc1OCCCS(C)(=O)=O. The molecule has 0 aliphatic carbocycles. The van der Waals surface area contributed by atoms with Gasteiger partial charge in [-0.15, -0.1) is 0 Å². The highest BCUT2D eigenvalue weighted by Gasteiger charge is 2.06. The van der Waals surface area contributed by atoms with Crippen LogP contribution in [0.15, 0.2) is 18.2 Å². The van der Waals surface area contributed by atoms with E-state index in [4.69, 9.17) is 9.47 Å². The zero-order chi connectivity index (χ0) is 13.6. The maximum Gasteiger partial charge on any atom is 0.161 e. The average molecular weight is 272 g/mol. The Kier molecular flexibility index (Phi) is 5.15. The number of ether oxygens (including phenoxy) is 2. The standard InChI is InChI=1S/C12H16O5S/c1-16-12-8-10(9-13)4-5-11(12)17-6-3-7-18(2,14)15/h4-5,8-9H,3,6-7H2,1-2H3. The second-order valence-corrected chi connectivity index (χ2v) is 6.12. The fraction of sp³-hybridized carbons (Fsp3) is 0.417. The minimum absolute atomic E-state index is 0.0851. The van der Waals surface area contributed by atoms with Crippen molar-refractivity contribution in [2.24, 2.45) is 0 Å². The molecule has 6 heteroatoms. The fourth-order valence-electron chi connectivity index (χ4n) is 1.38. The first kappa shape index (κ1) is 14.5. The second-order valence-electron chi connectivity index (χ2n) is 3.86. The zero-order valence-electron chi connectivity index (χ0n) is 10.4. The van der Waals surface area contributed by atoms with Crippen LogP contribution < -0.4 is 9.47 Å². The number of sulfone groups is 1. The molecule has 0 saturated carbocycles. The van der Waals surface area contributed by atoms with Crippen LogP contribution in [-0.2, 0) is 9.84 Å². The summed E-state index contributed by atoms with van der Waals surface area (Å²) in [5.41, 5.74) is 0.496. The quantitative estimate of drug-likeness (QED) is 0.553. The molecule has 1 aromatic carbocycles. The summed E-state index contributed by atoms with van der Waals surface area (Å²) in [6.45, 7) is 0.282. The third kappa shape index (κ3) is 4.75. The maximum atomic E-state index is 10.9. The highest BCUT2D eigenvalue weighted by atomic mass is 32.2. The summed E-state index contributed by atoms with van der Waals surface area (Å²) >= 11 is 0. The number of carbonyl (C=O) groups is 1. The van der Waals surface area contributed by atoms with Crippen LogP contribution in [0, 0.1) is 0 Å². The molecule has 0 fully saturated rings. The summed E-state index contributed by atoms with van der Waals surface area (Å²) in [5.74, 6) is 1.04. The van der Waals surface area contributed by atoms with E-state index in [1.165, 1.54) is 13.4 Å². The zero-order valence-corrected chi connectivity index (χ0v) is 11.2. The lowest BCUT2D eigenvalue weighted by Crippen LogP contribution is -2.08. The Morgan fingerprint density at radius 3 is 2.56 bits per heavy atom. The second kappa shape index (κ2) is 6.39. The number of methoxy groups -OCH3 is 1. The molecule has 0 N–H and O–H groups in total. The Balaban J connectivity index is 2.59. The molecule has 0 bridgehead atoms. The highest BCUT2D eigenvalue weighted by molar-refractivity contribution is 7.90. The molecular weight excluding hydrogens is 256 g/mol.